The number of hydrogen-bond acceptors (Lipinski definition) is 2. The fourth-order valence-corrected chi connectivity index (χ4v) is 1.88. The molecule has 114 valence electrons. The van der Waals surface area contributed by atoms with Crippen LogP contribution >= 0.6 is 0 Å². The third-order valence-corrected chi connectivity index (χ3v) is 2.61. The van der Waals surface area contributed by atoms with Crippen LogP contribution < -0.4 is 11.5 Å². The van der Waals surface area contributed by atoms with E-state index in [9.17, 15) is 0 Å². The van der Waals surface area contributed by atoms with Crippen LogP contribution in [-0.2, 0) is 0 Å². The van der Waals surface area contributed by atoms with Crippen LogP contribution in [0.4, 0.5) is 9.59 Å². The van der Waals surface area contributed by atoms with Crippen molar-refractivity contribution in [3.8, 4) is 0 Å². The van der Waals surface area contributed by atoms with E-state index >= 15 is 0 Å². The van der Waals surface area contributed by atoms with E-state index in [1.807, 2.05) is 0 Å². The summed E-state index contributed by atoms with van der Waals surface area (Å²) in [7, 11) is 0. The highest BCUT2D eigenvalue weighted by Crippen LogP contribution is 2.21. The van der Waals surface area contributed by atoms with Gasteiger partial charge in [-0.2, -0.15) is 0 Å². The van der Waals surface area contributed by atoms with E-state index in [1.165, 1.54) is 21.5 Å². The average molecular weight is 300 g/mol. The van der Waals surface area contributed by atoms with Gasteiger partial charge in [0, 0.05) is 0 Å². The number of rotatable bonds is 0. The van der Waals surface area contributed by atoms with Gasteiger partial charge in [0.25, 0.3) is 0 Å². The van der Waals surface area contributed by atoms with Crippen molar-refractivity contribution in [1.29, 1.82) is 0 Å². The van der Waals surface area contributed by atoms with Gasteiger partial charge in [0.2, 0.25) is 0 Å². The van der Waals surface area contributed by atoms with E-state index in [-0.39, 0.29) is 0 Å². The zero-order valence-corrected chi connectivity index (χ0v) is 11.6. The van der Waals surface area contributed by atoms with Crippen molar-refractivity contribution in [2.75, 3.05) is 0 Å². The molecule has 22 heavy (non-hydrogen) atoms. The summed E-state index contributed by atoms with van der Waals surface area (Å²) in [5.41, 5.74) is 8.06. The predicted molar refractivity (Wildman–Crippen MR) is 85.9 cm³/mol. The van der Waals surface area contributed by atoms with E-state index in [4.69, 9.17) is 19.8 Å². The molecule has 0 bridgehead atoms. The van der Waals surface area contributed by atoms with Crippen LogP contribution in [0, 0.1) is 0 Å². The fourth-order valence-electron chi connectivity index (χ4n) is 1.88. The number of primary amides is 2. The van der Waals surface area contributed by atoms with Gasteiger partial charge in [-0.25, -0.2) is 9.59 Å². The number of hydrogen-bond donors (Lipinski definition) is 4. The Labute approximate surface area is 126 Å². The lowest BCUT2D eigenvalue weighted by Gasteiger charge is -2.00. The SMILES string of the molecule is NC(=O)O.NC(=O)O.c1ccc2cc3ccccc3cc2c1. The van der Waals surface area contributed by atoms with Crippen LogP contribution in [0.1, 0.15) is 0 Å². The van der Waals surface area contributed by atoms with Crippen LogP contribution in [0.3, 0.4) is 0 Å². The van der Waals surface area contributed by atoms with Crippen molar-refractivity contribution in [2.45, 2.75) is 0 Å². The minimum Gasteiger partial charge on any atom is -0.465 e. The Morgan fingerprint density at radius 1 is 0.636 bits per heavy atom. The summed E-state index contributed by atoms with van der Waals surface area (Å²) in [6.45, 7) is 0. The summed E-state index contributed by atoms with van der Waals surface area (Å²) >= 11 is 0. The van der Waals surface area contributed by atoms with Crippen LogP contribution in [0.5, 0.6) is 0 Å². The van der Waals surface area contributed by atoms with Crippen molar-refractivity contribution >= 4 is 33.7 Å². The predicted octanol–water partition coefficient (Wildman–Crippen LogP) is 3.24. The molecule has 0 aromatic heterocycles. The first-order valence-corrected chi connectivity index (χ1v) is 6.24. The first-order valence-electron chi connectivity index (χ1n) is 6.24. The lowest BCUT2D eigenvalue weighted by atomic mass is 10.0. The molecule has 6 nitrogen and oxygen atoms in total. The molecule has 0 atom stereocenters. The molecule has 0 fully saturated rings. The molecule has 0 saturated heterocycles. The topological polar surface area (TPSA) is 127 Å². The standard InChI is InChI=1S/C14H10.2CH3NO2/c1-2-6-12-10-14-8-4-3-7-13(14)9-11(12)5-1;2*2-1(3)4/h1-10H;2*2H2,(H,3,4). The fraction of sp³-hybridized carbons (Fsp3) is 0. The van der Waals surface area contributed by atoms with Gasteiger partial charge in [0.1, 0.15) is 0 Å². The van der Waals surface area contributed by atoms with Gasteiger partial charge in [-0.3, -0.25) is 0 Å². The molecular formula is C16H16N2O4. The first kappa shape index (κ1) is 16.8. The Morgan fingerprint density at radius 2 is 0.818 bits per heavy atom. The second-order valence-corrected chi connectivity index (χ2v) is 4.22. The summed E-state index contributed by atoms with van der Waals surface area (Å²) in [6.07, 6.45) is -2.67. The summed E-state index contributed by atoms with van der Waals surface area (Å²) in [4.78, 5) is 17.6. The highest BCUT2D eigenvalue weighted by atomic mass is 16.4. The lowest BCUT2D eigenvalue weighted by molar-refractivity contribution is 0.204. The van der Waals surface area contributed by atoms with Gasteiger partial charge in [-0.1, -0.05) is 48.5 Å². The molecule has 6 heteroatoms. The molecular weight excluding hydrogens is 284 g/mol. The second-order valence-electron chi connectivity index (χ2n) is 4.22. The van der Waals surface area contributed by atoms with Crippen molar-refractivity contribution in [3.05, 3.63) is 60.7 Å². The summed E-state index contributed by atoms with van der Waals surface area (Å²) in [5, 5.41) is 19.6. The summed E-state index contributed by atoms with van der Waals surface area (Å²) in [6, 6.07) is 21.4. The van der Waals surface area contributed by atoms with Crippen molar-refractivity contribution in [2.24, 2.45) is 11.5 Å². The van der Waals surface area contributed by atoms with Gasteiger partial charge in [0.15, 0.2) is 0 Å². The molecule has 3 aromatic carbocycles. The van der Waals surface area contributed by atoms with E-state index in [0.29, 0.717) is 0 Å². The highest BCUT2D eigenvalue weighted by Gasteiger charge is 1.95. The maximum Gasteiger partial charge on any atom is 0.402 e. The van der Waals surface area contributed by atoms with E-state index < -0.39 is 12.2 Å². The van der Waals surface area contributed by atoms with E-state index in [0.717, 1.165) is 0 Å². The zero-order chi connectivity index (χ0) is 16.5. The largest absolute Gasteiger partial charge is 0.465 e. The van der Waals surface area contributed by atoms with E-state index in [2.05, 4.69) is 72.1 Å². The smallest absolute Gasteiger partial charge is 0.402 e. The number of amides is 2. The van der Waals surface area contributed by atoms with Crippen LogP contribution in [0.15, 0.2) is 60.7 Å². The number of carboxylic acid groups (broad SMARTS) is 2. The first-order chi connectivity index (χ1) is 10.4. The Hall–Kier alpha value is -3.28. The van der Waals surface area contributed by atoms with E-state index in [1.54, 1.807) is 0 Å². The second kappa shape index (κ2) is 8.11. The molecule has 6 N–H and O–H groups in total. The van der Waals surface area contributed by atoms with Gasteiger partial charge in [-0.05, 0) is 33.7 Å². The van der Waals surface area contributed by atoms with Gasteiger partial charge < -0.3 is 21.7 Å². The van der Waals surface area contributed by atoms with Crippen molar-refractivity contribution < 1.29 is 19.8 Å². The Bertz CT molecular complexity index is 662. The quantitative estimate of drug-likeness (QED) is 0.475. The third kappa shape index (κ3) is 5.79. The molecule has 0 saturated carbocycles. The lowest BCUT2D eigenvalue weighted by Crippen LogP contribution is -2.03. The normalized spacial score (nSPS) is 9.09. The van der Waals surface area contributed by atoms with Gasteiger partial charge in [0.05, 0.1) is 0 Å². The van der Waals surface area contributed by atoms with Crippen LogP contribution in [-0.4, -0.2) is 22.4 Å². The van der Waals surface area contributed by atoms with Crippen LogP contribution in [0.2, 0.25) is 0 Å². The molecule has 0 aliphatic heterocycles. The minimum atomic E-state index is -1.33. The summed E-state index contributed by atoms with van der Waals surface area (Å²) in [5.74, 6) is 0. The molecule has 2 amide bonds. The Kier molecular flexibility index (Phi) is 6.18. The number of fused-ring (bicyclic) bond motifs is 2. The molecule has 0 unspecified atom stereocenters. The van der Waals surface area contributed by atoms with Crippen molar-refractivity contribution in [3.63, 3.8) is 0 Å². The average Bonchev–Trinajstić information content (AvgIpc) is 2.44. The molecule has 3 rings (SSSR count). The Balaban J connectivity index is 0.000000257. The number of nitrogens with two attached hydrogens (primary N) is 2. The molecule has 0 aliphatic rings. The van der Waals surface area contributed by atoms with Gasteiger partial charge >= 0.3 is 12.2 Å². The highest BCUT2D eigenvalue weighted by molar-refractivity contribution is 5.98. The molecule has 3 aromatic rings. The molecule has 0 aliphatic carbocycles. The maximum absolute atomic E-state index is 8.78. The summed E-state index contributed by atoms with van der Waals surface area (Å²) < 4.78 is 0. The monoisotopic (exact) mass is 300 g/mol. The van der Waals surface area contributed by atoms with Crippen LogP contribution in [0.25, 0.3) is 21.5 Å². The molecule has 0 radical (unpaired) electrons. The zero-order valence-electron chi connectivity index (χ0n) is 11.6. The maximum atomic E-state index is 8.78. The van der Waals surface area contributed by atoms with Gasteiger partial charge in [-0.15, -0.1) is 0 Å². The minimum absolute atomic E-state index is 1.31. The third-order valence-electron chi connectivity index (χ3n) is 2.61. The Morgan fingerprint density at radius 3 is 1.00 bits per heavy atom. The number of carbonyl (C=O) groups is 2. The van der Waals surface area contributed by atoms with Crippen molar-refractivity contribution in [1.82, 2.24) is 0 Å². The number of benzene rings is 3. The molecule has 0 spiro atoms. The molecule has 0 heterocycles.